The number of nitrogens with zero attached hydrogens (tertiary/aromatic N) is 3. The molecule has 0 aliphatic carbocycles. The lowest BCUT2D eigenvalue weighted by molar-refractivity contribution is -0.320. The van der Waals surface area contributed by atoms with E-state index in [1.165, 1.54) is 0 Å². The van der Waals surface area contributed by atoms with Crippen LogP contribution in [0.25, 0.3) is 0 Å². The first-order valence-corrected chi connectivity index (χ1v) is 8.19. The van der Waals surface area contributed by atoms with Crippen molar-refractivity contribution >= 4 is 5.91 Å². The standard InChI is InChI=1S/C17H31N3O2/c1-9-17(10-2)14(21)19(13(3)4)12-15(5,6)20(17)22-16(7,8)11-18/h13H,9-10,12H2,1-8H3. The predicted octanol–water partition coefficient (Wildman–Crippen LogP) is 3.11. The molecule has 126 valence electrons. The van der Waals surface area contributed by atoms with Gasteiger partial charge in [-0.05, 0) is 54.4 Å². The van der Waals surface area contributed by atoms with Gasteiger partial charge in [-0.15, -0.1) is 0 Å². The van der Waals surface area contributed by atoms with Crippen molar-refractivity contribution in [1.82, 2.24) is 9.96 Å². The van der Waals surface area contributed by atoms with E-state index in [1.807, 2.05) is 37.7 Å². The highest BCUT2D eigenvalue weighted by molar-refractivity contribution is 5.87. The average Bonchev–Trinajstić information content (AvgIpc) is 2.43. The minimum Gasteiger partial charge on any atom is -0.337 e. The molecule has 0 saturated carbocycles. The number of amides is 1. The van der Waals surface area contributed by atoms with Crippen molar-refractivity contribution in [3.63, 3.8) is 0 Å². The van der Waals surface area contributed by atoms with Gasteiger partial charge in [-0.25, -0.2) is 0 Å². The first-order chi connectivity index (χ1) is 9.97. The summed E-state index contributed by atoms with van der Waals surface area (Å²) in [5, 5.41) is 11.1. The lowest BCUT2D eigenvalue weighted by atomic mass is 9.82. The lowest BCUT2D eigenvalue weighted by Gasteiger charge is -2.57. The Hall–Kier alpha value is -1.12. The highest BCUT2D eigenvalue weighted by atomic mass is 16.7. The minimum atomic E-state index is -0.965. The maximum atomic E-state index is 13.1. The summed E-state index contributed by atoms with van der Waals surface area (Å²) in [7, 11) is 0. The van der Waals surface area contributed by atoms with Crippen LogP contribution in [0.2, 0.25) is 0 Å². The molecule has 1 amide bonds. The van der Waals surface area contributed by atoms with Crippen LogP contribution < -0.4 is 0 Å². The van der Waals surface area contributed by atoms with E-state index in [9.17, 15) is 10.1 Å². The van der Waals surface area contributed by atoms with Crippen LogP contribution in [0.4, 0.5) is 0 Å². The largest absolute Gasteiger partial charge is 0.337 e. The maximum absolute atomic E-state index is 13.1. The first-order valence-electron chi connectivity index (χ1n) is 8.19. The number of hydrogen-bond acceptors (Lipinski definition) is 4. The smallest absolute Gasteiger partial charge is 0.245 e. The van der Waals surface area contributed by atoms with Gasteiger partial charge in [-0.1, -0.05) is 13.8 Å². The third-order valence-electron chi connectivity index (χ3n) is 4.54. The van der Waals surface area contributed by atoms with Crippen LogP contribution in [0, 0.1) is 11.3 Å². The van der Waals surface area contributed by atoms with Gasteiger partial charge in [-0.3, -0.25) is 9.63 Å². The average molecular weight is 309 g/mol. The molecule has 22 heavy (non-hydrogen) atoms. The molecule has 1 heterocycles. The molecule has 1 saturated heterocycles. The van der Waals surface area contributed by atoms with Gasteiger partial charge < -0.3 is 4.90 Å². The third-order valence-corrected chi connectivity index (χ3v) is 4.54. The van der Waals surface area contributed by atoms with Crippen molar-refractivity contribution in [2.24, 2.45) is 0 Å². The number of hydroxylamine groups is 2. The maximum Gasteiger partial charge on any atom is 0.245 e. The van der Waals surface area contributed by atoms with Gasteiger partial charge in [0.1, 0.15) is 5.54 Å². The Bertz CT molecular complexity index is 459. The zero-order chi connectivity index (χ0) is 17.3. The normalized spacial score (nSPS) is 22.0. The van der Waals surface area contributed by atoms with E-state index < -0.39 is 11.1 Å². The zero-order valence-electron chi connectivity index (χ0n) is 15.4. The number of rotatable bonds is 5. The fourth-order valence-corrected chi connectivity index (χ4v) is 3.20. The van der Waals surface area contributed by atoms with E-state index >= 15 is 0 Å². The summed E-state index contributed by atoms with van der Waals surface area (Å²) < 4.78 is 0. The van der Waals surface area contributed by atoms with Crippen LogP contribution in [-0.2, 0) is 9.63 Å². The van der Waals surface area contributed by atoms with Crippen molar-refractivity contribution < 1.29 is 9.63 Å². The second kappa shape index (κ2) is 6.17. The molecule has 0 spiro atoms. The molecule has 1 rings (SSSR count). The van der Waals surface area contributed by atoms with Gasteiger partial charge >= 0.3 is 0 Å². The van der Waals surface area contributed by atoms with Crippen molar-refractivity contribution in [2.45, 2.75) is 91.0 Å². The van der Waals surface area contributed by atoms with Gasteiger partial charge in [0.05, 0.1) is 11.6 Å². The van der Waals surface area contributed by atoms with Gasteiger partial charge in [0, 0.05) is 12.6 Å². The second-order valence-corrected chi connectivity index (χ2v) is 7.59. The summed E-state index contributed by atoms with van der Waals surface area (Å²) in [6.45, 7) is 16.3. The predicted molar refractivity (Wildman–Crippen MR) is 86.9 cm³/mol. The molecule has 5 heteroatoms. The Morgan fingerprint density at radius 3 is 2.18 bits per heavy atom. The highest BCUT2D eigenvalue weighted by Gasteiger charge is 2.56. The van der Waals surface area contributed by atoms with Crippen LogP contribution in [-0.4, -0.2) is 45.1 Å². The third kappa shape index (κ3) is 3.13. The molecule has 0 aromatic rings. The van der Waals surface area contributed by atoms with Gasteiger partial charge in [0.15, 0.2) is 5.60 Å². The summed E-state index contributed by atoms with van der Waals surface area (Å²) in [5.41, 5.74) is -2.05. The van der Waals surface area contributed by atoms with Crippen LogP contribution >= 0.6 is 0 Å². The molecule has 1 fully saturated rings. The van der Waals surface area contributed by atoms with Crippen LogP contribution in [0.3, 0.4) is 0 Å². The Labute approximate surface area is 135 Å². The molecule has 5 nitrogen and oxygen atoms in total. The van der Waals surface area contributed by atoms with E-state index in [0.29, 0.717) is 19.4 Å². The van der Waals surface area contributed by atoms with E-state index in [2.05, 4.69) is 19.9 Å². The number of hydrogen-bond donors (Lipinski definition) is 0. The van der Waals surface area contributed by atoms with Gasteiger partial charge in [0.2, 0.25) is 5.91 Å². The summed E-state index contributed by atoms with van der Waals surface area (Å²) in [6.07, 6.45) is 1.30. The highest BCUT2D eigenvalue weighted by Crippen LogP contribution is 2.40. The molecule has 1 aliphatic heterocycles. The molecule has 0 aromatic heterocycles. The Balaban J connectivity index is 3.38. The van der Waals surface area contributed by atoms with Crippen molar-refractivity contribution in [3.05, 3.63) is 0 Å². The van der Waals surface area contributed by atoms with E-state index in [0.717, 1.165) is 0 Å². The summed E-state index contributed by atoms with van der Waals surface area (Å²) in [6, 6.07) is 2.32. The number of carbonyl (C=O) groups excluding carboxylic acids is 1. The second-order valence-electron chi connectivity index (χ2n) is 7.59. The topological polar surface area (TPSA) is 56.6 Å². The monoisotopic (exact) mass is 309 g/mol. The Morgan fingerprint density at radius 1 is 1.32 bits per heavy atom. The molecule has 0 aromatic carbocycles. The zero-order valence-corrected chi connectivity index (χ0v) is 15.4. The molecular weight excluding hydrogens is 278 g/mol. The summed E-state index contributed by atoms with van der Waals surface area (Å²) >= 11 is 0. The first kappa shape index (κ1) is 18.9. The summed E-state index contributed by atoms with van der Waals surface area (Å²) in [5.74, 6) is 0.0977. The number of nitriles is 1. The van der Waals surface area contributed by atoms with Crippen molar-refractivity contribution in [1.29, 1.82) is 5.26 Å². The van der Waals surface area contributed by atoms with E-state index in [1.54, 1.807) is 13.8 Å². The van der Waals surface area contributed by atoms with E-state index in [4.69, 9.17) is 4.84 Å². The van der Waals surface area contributed by atoms with Crippen LogP contribution in [0.1, 0.15) is 68.2 Å². The Morgan fingerprint density at radius 2 is 1.82 bits per heavy atom. The molecule has 0 N–H and O–H groups in total. The fourth-order valence-electron chi connectivity index (χ4n) is 3.20. The molecule has 1 aliphatic rings. The SMILES string of the molecule is CCC1(CC)C(=O)N(C(C)C)CC(C)(C)N1OC(C)(C)C#N. The van der Waals surface area contributed by atoms with Crippen LogP contribution in [0.15, 0.2) is 0 Å². The number of carbonyl (C=O) groups is 1. The van der Waals surface area contributed by atoms with Gasteiger partial charge in [0.25, 0.3) is 0 Å². The molecule has 0 atom stereocenters. The van der Waals surface area contributed by atoms with Crippen molar-refractivity contribution in [3.8, 4) is 6.07 Å². The van der Waals surface area contributed by atoms with Crippen LogP contribution in [0.5, 0.6) is 0 Å². The lowest BCUT2D eigenvalue weighted by Crippen LogP contribution is -2.74. The molecule has 0 unspecified atom stereocenters. The minimum absolute atomic E-state index is 0.0977. The fraction of sp³-hybridized carbons (Fsp3) is 0.882. The quantitative estimate of drug-likeness (QED) is 0.783. The molecule has 0 bridgehead atoms. The Kier molecular flexibility index (Phi) is 5.31. The number of piperazine rings is 1. The van der Waals surface area contributed by atoms with E-state index in [-0.39, 0.29) is 17.5 Å². The molecular formula is C17H31N3O2. The molecule has 0 radical (unpaired) electrons. The summed E-state index contributed by atoms with van der Waals surface area (Å²) in [4.78, 5) is 21.1. The van der Waals surface area contributed by atoms with Crippen molar-refractivity contribution in [2.75, 3.05) is 6.54 Å². The van der Waals surface area contributed by atoms with Gasteiger partial charge in [-0.2, -0.15) is 10.3 Å².